The number of aromatic nitrogens is 2. The minimum absolute atomic E-state index is 0.0537. The number of anilines is 1. The van der Waals surface area contributed by atoms with Gasteiger partial charge in [-0.3, -0.25) is 4.79 Å². The average Bonchev–Trinajstić information content (AvgIpc) is 3.29. The van der Waals surface area contributed by atoms with Crippen molar-refractivity contribution in [3.05, 3.63) is 60.0 Å². The van der Waals surface area contributed by atoms with Gasteiger partial charge in [0, 0.05) is 30.9 Å². The number of piperidine rings is 1. The van der Waals surface area contributed by atoms with Crippen LogP contribution in [0.2, 0.25) is 0 Å². The zero-order valence-electron chi connectivity index (χ0n) is 17.3. The monoisotopic (exact) mass is 406 g/mol. The summed E-state index contributed by atoms with van der Waals surface area (Å²) in [6, 6.07) is 15.6. The first-order valence-electron chi connectivity index (χ1n) is 10.2. The van der Waals surface area contributed by atoms with Crippen LogP contribution >= 0.6 is 0 Å². The molecule has 7 nitrogen and oxygen atoms in total. The molecule has 1 amide bonds. The van der Waals surface area contributed by atoms with Gasteiger partial charge in [0.15, 0.2) is 0 Å². The van der Waals surface area contributed by atoms with Gasteiger partial charge in [-0.05, 0) is 60.7 Å². The zero-order chi connectivity index (χ0) is 20.9. The van der Waals surface area contributed by atoms with E-state index in [9.17, 15) is 4.79 Å². The zero-order valence-corrected chi connectivity index (χ0v) is 17.3. The highest BCUT2D eigenvalue weighted by atomic mass is 16.5. The van der Waals surface area contributed by atoms with E-state index in [0.717, 1.165) is 35.9 Å². The Labute approximate surface area is 176 Å². The lowest BCUT2D eigenvalue weighted by molar-refractivity contribution is 0.0907. The van der Waals surface area contributed by atoms with E-state index in [1.807, 2.05) is 36.4 Å². The molecule has 2 heterocycles. The third-order valence-electron chi connectivity index (χ3n) is 5.48. The topological polar surface area (TPSA) is 80.5 Å². The van der Waals surface area contributed by atoms with Gasteiger partial charge in [-0.15, -0.1) is 0 Å². The smallest absolute Gasteiger partial charge is 0.316 e. The number of carbonyl (C=O) groups excluding carboxylic acids is 1. The predicted molar refractivity (Wildman–Crippen MR) is 115 cm³/mol. The van der Waals surface area contributed by atoms with Gasteiger partial charge < -0.3 is 19.5 Å². The minimum atomic E-state index is -0.407. The molecule has 1 aliphatic heterocycles. The molecule has 1 saturated heterocycles. The van der Waals surface area contributed by atoms with Crippen LogP contribution in [0.25, 0.3) is 11.4 Å². The summed E-state index contributed by atoms with van der Waals surface area (Å²) in [6.45, 7) is 4.82. The van der Waals surface area contributed by atoms with Gasteiger partial charge in [-0.2, -0.15) is 4.98 Å². The second-order valence-electron chi connectivity index (χ2n) is 7.67. The van der Waals surface area contributed by atoms with Gasteiger partial charge in [0.05, 0.1) is 7.11 Å². The van der Waals surface area contributed by atoms with Crippen LogP contribution in [-0.2, 0) is 6.54 Å². The molecule has 0 aliphatic carbocycles. The summed E-state index contributed by atoms with van der Waals surface area (Å²) in [6.07, 6.45) is 2.45. The summed E-state index contributed by atoms with van der Waals surface area (Å²) in [7, 11) is 1.61. The van der Waals surface area contributed by atoms with Crippen molar-refractivity contribution in [1.29, 1.82) is 0 Å². The molecule has 7 heteroatoms. The highest BCUT2D eigenvalue weighted by Crippen LogP contribution is 2.25. The maximum Gasteiger partial charge on any atom is 0.316 e. The van der Waals surface area contributed by atoms with Crippen molar-refractivity contribution in [3.8, 4) is 17.1 Å². The molecule has 0 unspecified atom stereocenters. The lowest BCUT2D eigenvalue weighted by Gasteiger charge is -2.32. The molecule has 1 fully saturated rings. The molecule has 1 aromatic heterocycles. The van der Waals surface area contributed by atoms with Crippen molar-refractivity contribution in [1.82, 2.24) is 15.5 Å². The molecule has 1 N–H and O–H groups in total. The second kappa shape index (κ2) is 8.98. The van der Waals surface area contributed by atoms with Gasteiger partial charge in [0.1, 0.15) is 5.75 Å². The molecule has 2 aromatic carbocycles. The second-order valence-corrected chi connectivity index (χ2v) is 7.67. The van der Waals surface area contributed by atoms with Crippen molar-refractivity contribution in [2.24, 2.45) is 5.92 Å². The first-order chi connectivity index (χ1) is 14.6. The van der Waals surface area contributed by atoms with Crippen LogP contribution in [0.15, 0.2) is 53.1 Å². The summed E-state index contributed by atoms with van der Waals surface area (Å²) < 4.78 is 10.4. The highest BCUT2D eigenvalue weighted by molar-refractivity contribution is 5.89. The molecular formula is C23H26N4O3. The van der Waals surface area contributed by atoms with E-state index in [2.05, 4.69) is 39.4 Å². The third-order valence-corrected chi connectivity index (χ3v) is 5.48. The number of ether oxygens (including phenoxy) is 1. The molecule has 4 rings (SSSR count). The van der Waals surface area contributed by atoms with Gasteiger partial charge in [-0.1, -0.05) is 24.2 Å². The van der Waals surface area contributed by atoms with E-state index < -0.39 is 5.91 Å². The number of nitrogens with zero attached hydrogens (tertiary/aromatic N) is 3. The van der Waals surface area contributed by atoms with E-state index in [1.165, 1.54) is 18.5 Å². The van der Waals surface area contributed by atoms with Gasteiger partial charge in [0.2, 0.25) is 5.82 Å². The van der Waals surface area contributed by atoms with Crippen LogP contribution in [0.5, 0.6) is 5.75 Å². The number of hydrogen-bond acceptors (Lipinski definition) is 6. The molecule has 0 bridgehead atoms. The Balaban J connectivity index is 1.37. The van der Waals surface area contributed by atoms with Crippen LogP contribution in [-0.4, -0.2) is 36.2 Å². The molecule has 0 spiro atoms. The maximum absolute atomic E-state index is 12.4. The fraction of sp³-hybridized carbons (Fsp3) is 0.348. The Hall–Kier alpha value is -3.35. The van der Waals surface area contributed by atoms with Crippen LogP contribution in [0.4, 0.5) is 5.69 Å². The van der Waals surface area contributed by atoms with E-state index in [-0.39, 0.29) is 5.89 Å². The summed E-state index contributed by atoms with van der Waals surface area (Å²) in [5.41, 5.74) is 2.94. The van der Waals surface area contributed by atoms with E-state index in [1.54, 1.807) is 7.11 Å². The van der Waals surface area contributed by atoms with Crippen molar-refractivity contribution in [2.45, 2.75) is 26.3 Å². The Bertz CT molecular complexity index is 992. The maximum atomic E-state index is 12.4. The third kappa shape index (κ3) is 4.62. The molecule has 0 atom stereocenters. The molecule has 1 aliphatic rings. The SMILES string of the molecule is COc1cccc(CNC(=O)c2nc(-c3ccc(N4CCC(C)CC4)cc3)no2)c1. The number of benzene rings is 2. The standard InChI is InChI=1S/C23H26N4O3/c1-16-10-12-27(13-11-16)19-8-6-18(7-9-19)21-25-23(30-26-21)22(28)24-15-17-4-3-5-20(14-17)29-2/h3-9,14,16H,10-13,15H2,1-2H3,(H,24,28). The number of rotatable bonds is 6. The molecule has 0 saturated carbocycles. The summed E-state index contributed by atoms with van der Waals surface area (Å²) in [5.74, 6) is 1.48. The highest BCUT2D eigenvalue weighted by Gasteiger charge is 2.18. The van der Waals surface area contributed by atoms with E-state index >= 15 is 0 Å². The van der Waals surface area contributed by atoms with Crippen molar-refractivity contribution in [2.75, 3.05) is 25.1 Å². The molecule has 30 heavy (non-hydrogen) atoms. The van der Waals surface area contributed by atoms with Crippen LogP contribution in [0, 0.1) is 5.92 Å². The van der Waals surface area contributed by atoms with E-state index in [0.29, 0.717) is 12.4 Å². The van der Waals surface area contributed by atoms with Gasteiger partial charge >= 0.3 is 11.8 Å². The number of amides is 1. The quantitative estimate of drug-likeness (QED) is 0.668. The molecule has 156 valence electrons. The first-order valence-corrected chi connectivity index (χ1v) is 10.2. The Morgan fingerprint density at radius 1 is 1.20 bits per heavy atom. The predicted octanol–water partition coefficient (Wildman–Crippen LogP) is 3.91. The molecular weight excluding hydrogens is 380 g/mol. The number of hydrogen-bond donors (Lipinski definition) is 1. The molecule has 0 radical (unpaired) electrons. The normalized spacial score (nSPS) is 14.5. The Kier molecular flexibility index (Phi) is 5.97. The Morgan fingerprint density at radius 2 is 1.97 bits per heavy atom. The van der Waals surface area contributed by atoms with Crippen LogP contribution in [0.1, 0.15) is 36.0 Å². The van der Waals surface area contributed by atoms with Gasteiger partial charge in [0.25, 0.3) is 0 Å². The van der Waals surface area contributed by atoms with Crippen molar-refractivity contribution < 1.29 is 14.1 Å². The van der Waals surface area contributed by atoms with Crippen molar-refractivity contribution in [3.63, 3.8) is 0 Å². The average molecular weight is 406 g/mol. The van der Waals surface area contributed by atoms with E-state index in [4.69, 9.17) is 9.26 Å². The van der Waals surface area contributed by atoms with Crippen molar-refractivity contribution >= 4 is 11.6 Å². The fourth-order valence-electron chi connectivity index (χ4n) is 3.56. The summed E-state index contributed by atoms with van der Waals surface area (Å²) in [5, 5.41) is 6.75. The minimum Gasteiger partial charge on any atom is -0.497 e. The number of carbonyl (C=O) groups is 1. The number of methoxy groups -OCH3 is 1. The molecule has 3 aromatic rings. The van der Waals surface area contributed by atoms with Crippen LogP contribution < -0.4 is 15.0 Å². The lowest BCUT2D eigenvalue weighted by Crippen LogP contribution is -2.32. The Morgan fingerprint density at radius 3 is 2.70 bits per heavy atom. The van der Waals surface area contributed by atoms with Gasteiger partial charge in [-0.25, -0.2) is 0 Å². The lowest BCUT2D eigenvalue weighted by atomic mass is 9.98. The first kappa shape index (κ1) is 19.9. The number of nitrogens with one attached hydrogen (secondary N) is 1. The summed E-state index contributed by atoms with van der Waals surface area (Å²) in [4.78, 5) is 19.0. The van der Waals surface area contributed by atoms with Crippen LogP contribution in [0.3, 0.4) is 0 Å². The fourth-order valence-corrected chi connectivity index (χ4v) is 3.56. The summed E-state index contributed by atoms with van der Waals surface area (Å²) >= 11 is 0. The largest absolute Gasteiger partial charge is 0.497 e.